The molecule has 0 aliphatic rings. The molecule has 2 rings (SSSR count). The Kier molecular flexibility index (Phi) is 5.79. The second-order valence-electron chi connectivity index (χ2n) is 4.73. The zero-order chi connectivity index (χ0) is 15.9. The molecule has 0 aliphatic carbocycles. The molecule has 0 fully saturated rings. The summed E-state index contributed by atoms with van der Waals surface area (Å²) in [6, 6.07) is 6.97. The van der Waals surface area contributed by atoms with Crippen molar-refractivity contribution in [1.29, 1.82) is 0 Å². The van der Waals surface area contributed by atoms with Crippen molar-refractivity contribution < 1.29 is 9.90 Å². The van der Waals surface area contributed by atoms with E-state index < -0.39 is 5.97 Å². The number of aromatic nitrogens is 3. The number of aromatic amines is 2. The van der Waals surface area contributed by atoms with E-state index in [-0.39, 0.29) is 0 Å². The Morgan fingerprint density at radius 3 is 2.55 bits per heavy atom. The van der Waals surface area contributed by atoms with Gasteiger partial charge in [-0.3, -0.25) is 0 Å². The van der Waals surface area contributed by atoms with Gasteiger partial charge in [-0.15, -0.1) is 0 Å². The summed E-state index contributed by atoms with van der Waals surface area (Å²) >= 11 is 9.93. The molecule has 0 saturated carbocycles. The highest BCUT2D eigenvalue weighted by Crippen LogP contribution is 2.08. The Morgan fingerprint density at radius 2 is 1.91 bits per heavy atom. The predicted octanol–water partition coefficient (Wildman–Crippen LogP) is 3.33. The van der Waals surface area contributed by atoms with E-state index in [1.54, 1.807) is 12.1 Å². The molecular weight excluding hydrogens is 320 g/mol. The van der Waals surface area contributed by atoms with E-state index in [2.05, 4.69) is 20.3 Å². The quantitative estimate of drug-likeness (QED) is 0.458. The zero-order valence-electron chi connectivity index (χ0n) is 11.8. The lowest BCUT2D eigenvalue weighted by molar-refractivity contribution is 0.0697. The van der Waals surface area contributed by atoms with Gasteiger partial charge in [-0.1, -0.05) is 12.1 Å². The van der Waals surface area contributed by atoms with Gasteiger partial charge in [0.2, 0.25) is 10.7 Å². The number of aromatic carboxylic acids is 1. The number of benzene rings is 1. The summed E-state index contributed by atoms with van der Waals surface area (Å²) in [4.78, 5) is 20.5. The number of aryl methyl sites for hydroxylation is 1. The number of nitrogens with one attached hydrogen (secondary N) is 3. The number of carbonyl (C=O) groups is 1. The topological polar surface area (TPSA) is 93.8 Å². The number of hydrogen-bond acceptors (Lipinski definition) is 5. The molecule has 0 saturated heterocycles. The summed E-state index contributed by atoms with van der Waals surface area (Å²) in [5.41, 5.74) is 1.44. The van der Waals surface area contributed by atoms with E-state index in [4.69, 9.17) is 29.5 Å². The van der Waals surface area contributed by atoms with Gasteiger partial charge in [0, 0.05) is 6.54 Å². The molecule has 8 heteroatoms. The van der Waals surface area contributed by atoms with E-state index >= 15 is 0 Å². The molecule has 2 aromatic rings. The summed E-state index contributed by atoms with van der Waals surface area (Å²) in [6.45, 7) is 0.754. The van der Waals surface area contributed by atoms with Gasteiger partial charge in [-0.2, -0.15) is 4.98 Å². The van der Waals surface area contributed by atoms with Crippen LogP contribution in [0.3, 0.4) is 0 Å². The largest absolute Gasteiger partial charge is 0.478 e. The molecule has 6 nitrogen and oxygen atoms in total. The van der Waals surface area contributed by atoms with Crippen molar-refractivity contribution in [2.24, 2.45) is 0 Å². The first-order valence-corrected chi connectivity index (χ1v) is 7.63. The number of anilines is 1. The summed E-state index contributed by atoms with van der Waals surface area (Å²) in [6.07, 6.45) is 2.84. The van der Waals surface area contributed by atoms with Crippen LogP contribution >= 0.6 is 24.4 Å². The van der Waals surface area contributed by atoms with Crippen molar-refractivity contribution >= 4 is 36.4 Å². The normalized spacial score (nSPS) is 10.4. The number of hydrogen-bond donors (Lipinski definition) is 4. The number of nitrogens with zero attached hydrogens (tertiary/aromatic N) is 1. The van der Waals surface area contributed by atoms with Crippen molar-refractivity contribution in [3.05, 3.63) is 44.9 Å². The third-order valence-electron chi connectivity index (χ3n) is 3.05. The standard InChI is InChI=1S/C14H16N4O2S2/c19-11(20)10-6-4-9(5-7-10)3-1-2-8-15-12-16-13(21)18-14(22)17-12/h4-7H,1-3,8H2,(H,19,20)(H3,15,16,17,18,21,22). The van der Waals surface area contributed by atoms with Gasteiger partial charge < -0.3 is 20.4 Å². The molecule has 0 bridgehead atoms. The highest BCUT2D eigenvalue weighted by molar-refractivity contribution is 7.71. The lowest BCUT2D eigenvalue weighted by Gasteiger charge is -2.05. The average molecular weight is 336 g/mol. The van der Waals surface area contributed by atoms with Crippen LogP contribution in [0, 0.1) is 9.54 Å². The van der Waals surface area contributed by atoms with Crippen LogP contribution in [-0.2, 0) is 6.42 Å². The second kappa shape index (κ2) is 7.81. The summed E-state index contributed by atoms with van der Waals surface area (Å²) < 4.78 is 0.797. The van der Waals surface area contributed by atoms with Crippen LogP contribution in [0.1, 0.15) is 28.8 Å². The first kappa shape index (κ1) is 16.3. The minimum Gasteiger partial charge on any atom is -0.478 e. The van der Waals surface area contributed by atoms with Gasteiger partial charge in [-0.25, -0.2) is 4.79 Å². The smallest absolute Gasteiger partial charge is 0.335 e. The first-order valence-electron chi connectivity index (χ1n) is 6.81. The fourth-order valence-electron chi connectivity index (χ4n) is 1.95. The first-order chi connectivity index (χ1) is 10.5. The van der Waals surface area contributed by atoms with E-state index in [0.29, 0.717) is 21.1 Å². The van der Waals surface area contributed by atoms with Crippen LogP contribution in [0.2, 0.25) is 0 Å². The molecule has 0 radical (unpaired) electrons. The van der Waals surface area contributed by atoms with E-state index in [1.807, 2.05) is 12.1 Å². The Bertz CT molecular complexity index is 724. The number of carboxylic acids is 1. The molecule has 1 heterocycles. The number of unbranched alkanes of at least 4 members (excludes halogenated alkanes) is 1. The average Bonchev–Trinajstić information content (AvgIpc) is 2.46. The summed E-state index contributed by atoms with van der Waals surface area (Å²) in [5, 5.41) is 12.0. The Labute approximate surface area is 137 Å². The summed E-state index contributed by atoms with van der Waals surface area (Å²) in [7, 11) is 0. The molecule has 116 valence electrons. The Hall–Kier alpha value is -2.06. The molecule has 22 heavy (non-hydrogen) atoms. The van der Waals surface area contributed by atoms with Crippen LogP contribution in [0.5, 0.6) is 0 Å². The highest BCUT2D eigenvalue weighted by Gasteiger charge is 2.01. The maximum absolute atomic E-state index is 10.8. The molecular formula is C14H16N4O2S2. The van der Waals surface area contributed by atoms with Crippen LogP contribution in [0.15, 0.2) is 24.3 Å². The van der Waals surface area contributed by atoms with Crippen molar-refractivity contribution in [3.63, 3.8) is 0 Å². The molecule has 0 atom stereocenters. The molecule has 0 unspecified atom stereocenters. The van der Waals surface area contributed by atoms with Gasteiger partial charge in [0.25, 0.3) is 0 Å². The van der Waals surface area contributed by atoms with Gasteiger partial charge in [0.05, 0.1) is 5.56 Å². The van der Waals surface area contributed by atoms with Crippen LogP contribution in [0.4, 0.5) is 5.95 Å². The minimum atomic E-state index is -0.901. The zero-order valence-corrected chi connectivity index (χ0v) is 13.4. The Morgan fingerprint density at radius 1 is 1.18 bits per heavy atom. The fraction of sp³-hybridized carbons (Fsp3) is 0.286. The fourth-order valence-corrected chi connectivity index (χ4v) is 2.40. The van der Waals surface area contributed by atoms with E-state index in [0.717, 1.165) is 31.4 Å². The monoisotopic (exact) mass is 336 g/mol. The Balaban J connectivity index is 1.74. The van der Waals surface area contributed by atoms with Gasteiger partial charge in [0.15, 0.2) is 4.77 Å². The van der Waals surface area contributed by atoms with E-state index in [1.165, 1.54) is 0 Å². The third-order valence-corrected chi connectivity index (χ3v) is 3.45. The van der Waals surface area contributed by atoms with Gasteiger partial charge in [0.1, 0.15) is 0 Å². The van der Waals surface area contributed by atoms with Crippen molar-refractivity contribution in [3.8, 4) is 0 Å². The number of carboxylic acid groups (broad SMARTS) is 1. The van der Waals surface area contributed by atoms with Crippen LogP contribution < -0.4 is 5.32 Å². The highest BCUT2D eigenvalue weighted by atomic mass is 32.1. The van der Waals surface area contributed by atoms with Crippen molar-refractivity contribution in [2.75, 3.05) is 11.9 Å². The molecule has 4 N–H and O–H groups in total. The number of H-pyrrole nitrogens is 2. The minimum absolute atomic E-state index is 0.312. The molecule has 0 amide bonds. The molecule has 0 aliphatic heterocycles. The molecule has 1 aromatic carbocycles. The lowest BCUT2D eigenvalue weighted by Crippen LogP contribution is -2.06. The lowest BCUT2D eigenvalue weighted by atomic mass is 10.1. The van der Waals surface area contributed by atoms with Gasteiger partial charge in [-0.05, 0) is 61.4 Å². The predicted molar refractivity (Wildman–Crippen MR) is 89.4 cm³/mol. The molecule has 0 spiro atoms. The van der Waals surface area contributed by atoms with Crippen molar-refractivity contribution in [2.45, 2.75) is 19.3 Å². The second-order valence-corrected chi connectivity index (χ2v) is 5.53. The van der Waals surface area contributed by atoms with Gasteiger partial charge >= 0.3 is 5.97 Å². The third kappa shape index (κ3) is 5.05. The van der Waals surface area contributed by atoms with Crippen LogP contribution in [-0.4, -0.2) is 32.6 Å². The maximum atomic E-state index is 10.8. The summed E-state index contributed by atoms with van der Waals surface area (Å²) in [5.74, 6) is -0.332. The van der Waals surface area contributed by atoms with Crippen LogP contribution in [0.25, 0.3) is 0 Å². The van der Waals surface area contributed by atoms with E-state index in [9.17, 15) is 4.79 Å². The molecule has 1 aromatic heterocycles. The number of rotatable bonds is 7. The van der Waals surface area contributed by atoms with Crippen molar-refractivity contribution in [1.82, 2.24) is 15.0 Å². The SMILES string of the molecule is O=C(O)c1ccc(CCCCNc2nc(=S)[nH]c(=S)[nH]2)cc1. The maximum Gasteiger partial charge on any atom is 0.335 e.